The number of aromatic nitrogens is 2. The van der Waals surface area contributed by atoms with Gasteiger partial charge in [-0.15, -0.1) is 0 Å². The van der Waals surface area contributed by atoms with E-state index in [1.54, 1.807) is 12.3 Å². The van der Waals surface area contributed by atoms with Crippen molar-refractivity contribution < 1.29 is 0 Å². The fraction of sp³-hybridized carbons (Fsp3) is 0.167. The molecular weight excluding hydrogens is 274 g/mol. The Bertz CT molecular complexity index is 866. The van der Waals surface area contributed by atoms with Crippen molar-refractivity contribution in [3.05, 3.63) is 76.3 Å². The molecule has 0 atom stereocenters. The van der Waals surface area contributed by atoms with Crippen molar-refractivity contribution in [3.63, 3.8) is 0 Å². The quantitative estimate of drug-likeness (QED) is 0.693. The number of aryl methyl sites for hydroxylation is 1. The Kier molecular flexibility index (Phi) is 4.10. The Morgan fingerprint density at radius 3 is 2.59 bits per heavy atom. The van der Waals surface area contributed by atoms with Crippen LogP contribution in [0.1, 0.15) is 24.7 Å². The van der Waals surface area contributed by atoms with Gasteiger partial charge in [0.2, 0.25) is 0 Å². The Labute approximate surface area is 128 Å². The number of fused-ring (bicyclic) bond motifs is 1. The molecule has 0 unspecified atom stereocenters. The number of benzene rings is 2. The predicted octanol–water partition coefficient (Wildman–Crippen LogP) is 3.23. The van der Waals surface area contributed by atoms with Crippen LogP contribution < -0.4 is 5.56 Å². The highest BCUT2D eigenvalue weighted by atomic mass is 16.1. The first-order chi connectivity index (χ1) is 10.8. The summed E-state index contributed by atoms with van der Waals surface area (Å²) < 4.78 is 1.42. The van der Waals surface area contributed by atoms with E-state index in [4.69, 9.17) is 0 Å². The molecule has 0 fully saturated rings. The lowest BCUT2D eigenvalue weighted by Gasteiger charge is -2.08. The second kappa shape index (κ2) is 6.35. The molecule has 22 heavy (non-hydrogen) atoms. The Morgan fingerprint density at radius 2 is 1.82 bits per heavy atom. The van der Waals surface area contributed by atoms with Crippen LogP contribution in [0, 0.1) is 0 Å². The summed E-state index contributed by atoms with van der Waals surface area (Å²) in [6, 6.07) is 17.1. The van der Waals surface area contributed by atoms with Gasteiger partial charge in [-0.2, -0.15) is 9.78 Å². The van der Waals surface area contributed by atoms with Crippen molar-refractivity contribution in [2.45, 2.75) is 19.8 Å². The van der Waals surface area contributed by atoms with Crippen molar-refractivity contribution >= 4 is 17.1 Å². The van der Waals surface area contributed by atoms with Crippen LogP contribution in [0.4, 0.5) is 0 Å². The minimum atomic E-state index is -0.124. The first kappa shape index (κ1) is 14.2. The minimum Gasteiger partial charge on any atom is -0.267 e. The molecule has 4 nitrogen and oxygen atoms in total. The van der Waals surface area contributed by atoms with Gasteiger partial charge in [0.25, 0.3) is 5.56 Å². The highest BCUT2D eigenvalue weighted by molar-refractivity contribution is 5.80. The number of hydrogen-bond donors (Lipinski definition) is 0. The highest BCUT2D eigenvalue weighted by Gasteiger charge is 2.09. The SMILES string of the molecule is CCCc1nc2ccccc2c(=O)n1N=Cc1ccccc1. The van der Waals surface area contributed by atoms with Gasteiger partial charge in [0.05, 0.1) is 17.1 Å². The van der Waals surface area contributed by atoms with Crippen molar-refractivity contribution in [3.8, 4) is 0 Å². The third-order valence-electron chi connectivity index (χ3n) is 3.42. The maximum Gasteiger partial charge on any atom is 0.282 e. The van der Waals surface area contributed by atoms with Crippen LogP contribution in [-0.4, -0.2) is 15.9 Å². The number of nitrogens with zero attached hydrogens (tertiary/aromatic N) is 3. The zero-order valence-corrected chi connectivity index (χ0v) is 12.4. The van der Waals surface area contributed by atoms with Crippen molar-refractivity contribution in [1.29, 1.82) is 0 Å². The smallest absolute Gasteiger partial charge is 0.267 e. The molecule has 4 heteroatoms. The Hall–Kier alpha value is -2.75. The molecule has 0 radical (unpaired) electrons. The van der Waals surface area contributed by atoms with Crippen molar-refractivity contribution in [1.82, 2.24) is 9.66 Å². The molecule has 110 valence electrons. The first-order valence-electron chi connectivity index (χ1n) is 7.39. The van der Waals surface area contributed by atoms with Crippen molar-refractivity contribution in [2.75, 3.05) is 0 Å². The fourth-order valence-corrected chi connectivity index (χ4v) is 2.34. The van der Waals surface area contributed by atoms with E-state index in [-0.39, 0.29) is 5.56 Å². The van der Waals surface area contributed by atoms with Gasteiger partial charge in [0, 0.05) is 6.42 Å². The molecule has 0 saturated carbocycles. The van der Waals surface area contributed by atoms with Gasteiger partial charge < -0.3 is 0 Å². The molecule has 0 aliphatic rings. The minimum absolute atomic E-state index is 0.124. The molecule has 3 aromatic rings. The second-order valence-corrected chi connectivity index (χ2v) is 5.07. The number of rotatable bonds is 4. The summed E-state index contributed by atoms with van der Waals surface area (Å²) in [5.41, 5.74) is 1.55. The second-order valence-electron chi connectivity index (χ2n) is 5.07. The van der Waals surface area contributed by atoms with Gasteiger partial charge in [0.15, 0.2) is 0 Å². The number of hydrogen-bond acceptors (Lipinski definition) is 3. The van der Waals surface area contributed by atoms with Crippen LogP contribution >= 0.6 is 0 Å². The van der Waals surface area contributed by atoms with Crippen LogP contribution in [-0.2, 0) is 6.42 Å². The maximum absolute atomic E-state index is 12.7. The molecular formula is C18H17N3O. The molecule has 0 bridgehead atoms. The van der Waals surface area contributed by atoms with Crippen molar-refractivity contribution in [2.24, 2.45) is 5.10 Å². The van der Waals surface area contributed by atoms with E-state index >= 15 is 0 Å². The van der Waals surface area contributed by atoms with Crippen LogP contribution in [0.25, 0.3) is 10.9 Å². The molecule has 0 N–H and O–H groups in total. The molecule has 0 spiro atoms. The molecule has 0 amide bonds. The third kappa shape index (κ3) is 2.81. The molecule has 0 saturated heterocycles. The summed E-state index contributed by atoms with van der Waals surface area (Å²) in [5, 5.41) is 4.95. The zero-order chi connectivity index (χ0) is 15.4. The lowest BCUT2D eigenvalue weighted by Crippen LogP contribution is -2.22. The monoisotopic (exact) mass is 291 g/mol. The van der Waals surface area contributed by atoms with E-state index in [1.807, 2.05) is 48.5 Å². The lowest BCUT2D eigenvalue weighted by molar-refractivity contribution is 0.704. The van der Waals surface area contributed by atoms with Crippen LogP contribution in [0.3, 0.4) is 0 Å². The van der Waals surface area contributed by atoms with Crippen LogP contribution in [0.5, 0.6) is 0 Å². The van der Waals surface area contributed by atoms with E-state index in [9.17, 15) is 4.79 Å². The maximum atomic E-state index is 12.7. The van der Waals surface area contributed by atoms with Gasteiger partial charge in [-0.05, 0) is 24.1 Å². The zero-order valence-electron chi connectivity index (χ0n) is 12.4. The van der Waals surface area contributed by atoms with Gasteiger partial charge in [-0.1, -0.05) is 49.4 Å². The Morgan fingerprint density at radius 1 is 1.09 bits per heavy atom. The summed E-state index contributed by atoms with van der Waals surface area (Å²) in [5.74, 6) is 0.693. The summed E-state index contributed by atoms with van der Waals surface area (Å²) in [6.45, 7) is 2.06. The van der Waals surface area contributed by atoms with Crippen LogP contribution in [0.2, 0.25) is 0 Å². The van der Waals surface area contributed by atoms with E-state index in [0.29, 0.717) is 17.6 Å². The molecule has 0 aliphatic heterocycles. The molecule has 1 heterocycles. The summed E-state index contributed by atoms with van der Waals surface area (Å²) in [7, 11) is 0. The number of para-hydroxylation sites is 1. The average molecular weight is 291 g/mol. The third-order valence-corrected chi connectivity index (χ3v) is 3.42. The van der Waals surface area contributed by atoms with E-state index < -0.39 is 0 Å². The van der Waals surface area contributed by atoms with Gasteiger partial charge in [0.1, 0.15) is 5.82 Å². The fourth-order valence-electron chi connectivity index (χ4n) is 2.34. The highest BCUT2D eigenvalue weighted by Crippen LogP contribution is 2.09. The average Bonchev–Trinajstić information content (AvgIpc) is 2.56. The first-order valence-corrected chi connectivity index (χ1v) is 7.39. The summed E-state index contributed by atoms with van der Waals surface area (Å²) in [4.78, 5) is 17.2. The van der Waals surface area contributed by atoms with E-state index in [0.717, 1.165) is 17.5 Å². The predicted molar refractivity (Wildman–Crippen MR) is 89.4 cm³/mol. The van der Waals surface area contributed by atoms with Gasteiger partial charge in [-0.25, -0.2) is 4.98 Å². The largest absolute Gasteiger partial charge is 0.282 e. The normalized spacial score (nSPS) is 11.3. The van der Waals surface area contributed by atoms with Gasteiger partial charge in [-0.3, -0.25) is 4.79 Å². The summed E-state index contributed by atoms with van der Waals surface area (Å²) in [6.07, 6.45) is 3.31. The van der Waals surface area contributed by atoms with E-state index in [1.165, 1.54) is 4.68 Å². The van der Waals surface area contributed by atoms with Gasteiger partial charge >= 0.3 is 0 Å². The topological polar surface area (TPSA) is 47.2 Å². The lowest BCUT2D eigenvalue weighted by atomic mass is 10.2. The molecule has 2 aromatic carbocycles. The van der Waals surface area contributed by atoms with Crippen LogP contribution in [0.15, 0.2) is 64.5 Å². The summed E-state index contributed by atoms with van der Waals surface area (Å²) >= 11 is 0. The molecule has 0 aliphatic carbocycles. The molecule has 3 rings (SSSR count). The standard InChI is InChI=1S/C18H17N3O/c1-2-8-17-20-16-12-7-6-11-15(16)18(22)21(17)19-13-14-9-4-3-5-10-14/h3-7,9-13H,2,8H2,1H3. The van der Waals surface area contributed by atoms with E-state index in [2.05, 4.69) is 17.0 Å². The Balaban J connectivity index is 2.14. The molecule has 1 aromatic heterocycles.